The summed E-state index contributed by atoms with van der Waals surface area (Å²) < 4.78 is 0. The van der Waals surface area contributed by atoms with Gasteiger partial charge in [-0.1, -0.05) is 0 Å². The van der Waals surface area contributed by atoms with Crippen LogP contribution in [-0.2, 0) is 186 Å². The van der Waals surface area contributed by atoms with Crippen LogP contribution in [0.1, 0.15) is 69.2 Å². The van der Waals surface area contributed by atoms with Gasteiger partial charge in [0.25, 0.3) is 0 Å². The fourth-order valence-corrected chi connectivity index (χ4v) is 0. The Kier molecular flexibility index (Phi) is 2090. The van der Waals surface area contributed by atoms with Crippen LogP contribution in [0, 0.1) is 0 Å². The van der Waals surface area contributed by atoms with Gasteiger partial charge in [-0.3, -0.25) is 0 Å². The molecule has 10 radical (unpaired) electrons. The van der Waals surface area contributed by atoms with Crippen LogP contribution < -0.4 is 0 Å². The van der Waals surface area contributed by atoms with E-state index in [0.717, 1.165) is 142 Å². The molecule has 0 saturated heterocycles. The van der Waals surface area contributed by atoms with E-state index in [1.807, 2.05) is 0 Å². The van der Waals surface area contributed by atoms with Crippen LogP contribution in [0.4, 0.5) is 0 Å². The fraction of sp³-hybridized carbons (Fsp3) is 1.00. The van der Waals surface area contributed by atoms with Crippen molar-refractivity contribution >= 4 is 0 Å². The molecule has 590 valence electrons. The molecular formula is C40H140O40V10. The molecule has 0 atom stereocenters. The molecule has 50 heteroatoms. The minimum absolute atomic E-state index is 0. The minimum Gasteiger partial charge on any atom is -0.400 e. The Bertz CT molecular complexity index is 272. The Hall–Kier alpha value is 4.24. The average Bonchev–Trinajstić information content (AvgIpc) is 3.44. The van der Waals surface area contributed by atoms with Crippen LogP contribution in [0.25, 0.3) is 0 Å². The van der Waals surface area contributed by atoms with Crippen LogP contribution in [0.5, 0.6) is 0 Å². The zero-order valence-electron chi connectivity index (χ0n) is 58.1. The van der Waals surface area contributed by atoms with Crippen LogP contribution in [0.15, 0.2) is 0 Å². The van der Waals surface area contributed by atoms with Crippen LogP contribution in [-0.4, -0.2) is 409 Å². The molecule has 0 fully saturated rings. The van der Waals surface area contributed by atoms with E-state index in [4.69, 9.17) is 204 Å². The third-order valence-corrected chi connectivity index (χ3v) is 0. The summed E-state index contributed by atoms with van der Waals surface area (Å²) in [6, 6.07) is 0. The predicted molar refractivity (Wildman–Crippen MR) is 302 cm³/mol. The van der Waals surface area contributed by atoms with Crippen molar-refractivity contribution in [3.05, 3.63) is 0 Å². The average molecular weight is 1770 g/mol. The second kappa shape index (κ2) is 677. The van der Waals surface area contributed by atoms with E-state index in [0.29, 0.717) is 0 Å². The Morgan fingerprint density at radius 1 is 0.0889 bits per heavy atom. The molecule has 0 saturated carbocycles. The van der Waals surface area contributed by atoms with Crippen molar-refractivity contribution in [3.8, 4) is 0 Å². The molecule has 40 nitrogen and oxygen atoms in total. The van der Waals surface area contributed by atoms with Crippen LogP contribution >= 0.6 is 0 Å². The molecule has 90 heavy (non-hydrogen) atoms. The van der Waals surface area contributed by atoms with Gasteiger partial charge in [-0.15, -0.1) is 0 Å². The van der Waals surface area contributed by atoms with Crippen molar-refractivity contribution < 1.29 is 390 Å². The van der Waals surface area contributed by atoms with Crippen molar-refractivity contribution in [2.45, 2.75) is 132 Å². The Labute approximate surface area is 658 Å². The molecule has 0 aliphatic heterocycles. The van der Waals surface area contributed by atoms with Gasteiger partial charge in [-0.25, -0.2) is 0 Å². The van der Waals surface area contributed by atoms with Gasteiger partial charge in [0, 0.05) is 328 Å². The van der Waals surface area contributed by atoms with Crippen molar-refractivity contribution in [2.75, 3.05) is 142 Å². The van der Waals surface area contributed by atoms with Crippen molar-refractivity contribution in [3.63, 3.8) is 0 Å². The van der Waals surface area contributed by atoms with Crippen molar-refractivity contribution in [1.82, 2.24) is 0 Å². The largest absolute Gasteiger partial charge is 0.400 e. The number of hydrogen-bond acceptors (Lipinski definition) is 40. The summed E-state index contributed by atoms with van der Waals surface area (Å²) in [6.45, 7) is 12.8. The van der Waals surface area contributed by atoms with E-state index in [1.54, 1.807) is 0 Å². The maximum atomic E-state index is 7.61. The molecule has 0 bridgehead atoms. The quantitative estimate of drug-likeness (QED) is 0.100. The van der Waals surface area contributed by atoms with E-state index in [1.165, 1.54) is 69.2 Å². The molecule has 0 unspecified atom stereocenters. The topological polar surface area (TPSA) is 809 Å². The molecule has 0 aromatic carbocycles. The summed E-state index contributed by atoms with van der Waals surface area (Å²) >= 11 is 0. The second-order valence-electron chi connectivity index (χ2n) is 6.32. The first-order valence-electron chi connectivity index (χ1n) is 19.9. The van der Waals surface area contributed by atoms with Crippen LogP contribution in [0.2, 0.25) is 0 Å². The summed E-state index contributed by atoms with van der Waals surface area (Å²) in [5.74, 6) is 0. The molecular weight excluding hydrogens is 1630 g/mol. The van der Waals surface area contributed by atoms with E-state index < -0.39 is 62.9 Å². The molecule has 0 amide bonds. The molecule has 40 N–H and O–H groups in total. The Morgan fingerprint density at radius 2 is 0.0889 bits per heavy atom. The smallest absolute Gasteiger partial charge is 0.148 e. The standard InChI is InChI=1S/10C2H6O2.20CH4O.10V/c10*1-2(3)4;20*1-2;;;;;;;;;;/h10*2-4H,1H3;20*2H,1H3;;;;;;;;;;. The number of aliphatic hydroxyl groups is 40. The molecule has 0 aromatic rings. The first-order chi connectivity index (χ1) is 37.3. The van der Waals surface area contributed by atoms with Gasteiger partial charge in [0.05, 0.1) is 0 Å². The Morgan fingerprint density at radius 3 is 0.0889 bits per heavy atom. The summed E-state index contributed by atoms with van der Waals surface area (Å²) in [4.78, 5) is 0. The van der Waals surface area contributed by atoms with Crippen molar-refractivity contribution in [1.29, 1.82) is 0 Å². The summed E-state index contributed by atoms with van der Waals surface area (Å²) in [7, 11) is 20.0. The zero-order valence-corrected chi connectivity index (χ0v) is 72.1. The van der Waals surface area contributed by atoms with Gasteiger partial charge in [0.15, 0.2) is 0 Å². The minimum atomic E-state index is -1.17. The van der Waals surface area contributed by atoms with Gasteiger partial charge >= 0.3 is 0 Å². The third kappa shape index (κ3) is 42600. The van der Waals surface area contributed by atoms with E-state index in [2.05, 4.69) is 0 Å². The normalized spacial score (nSPS) is 5.33. The zero-order chi connectivity index (χ0) is 75.8. The molecule has 0 aromatic heterocycles. The second-order valence-corrected chi connectivity index (χ2v) is 6.32. The van der Waals surface area contributed by atoms with E-state index >= 15 is 0 Å². The number of hydrogen-bond donors (Lipinski definition) is 40. The predicted octanol–water partition coefficient (Wildman–Crippen LogP) is -14.7. The van der Waals surface area contributed by atoms with E-state index in [-0.39, 0.29) is 186 Å². The fourth-order valence-electron chi connectivity index (χ4n) is 0. The molecule has 0 spiro atoms. The summed E-state index contributed by atoms with van der Waals surface area (Å²) in [6.07, 6.45) is -11.7. The molecule has 0 aliphatic rings. The van der Waals surface area contributed by atoms with Gasteiger partial charge < -0.3 is 204 Å². The SMILES string of the molecule is CC(O)O.CC(O)O.CC(O)O.CC(O)O.CC(O)O.CC(O)O.CC(O)O.CC(O)O.CC(O)O.CC(O)O.CO.CO.CO.CO.CO.CO.CO.CO.CO.CO.CO.CO.CO.CO.CO.CO.CO.CO.CO.CO.[V].[V].[V].[V].[V].[V].[V].[V].[V].[V]. The summed E-state index contributed by atoms with van der Waals surface area (Å²) in [5, 5.41) is 292. The monoisotopic (exact) mass is 1770 g/mol. The molecule has 0 rings (SSSR count). The van der Waals surface area contributed by atoms with Gasteiger partial charge in [0.1, 0.15) is 62.9 Å². The molecule has 0 heterocycles. The number of aliphatic hydroxyl groups excluding tert-OH is 30. The maximum absolute atomic E-state index is 7.61. The van der Waals surface area contributed by atoms with E-state index in [9.17, 15) is 0 Å². The van der Waals surface area contributed by atoms with Crippen molar-refractivity contribution in [2.24, 2.45) is 0 Å². The summed E-state index contributed by atoms with van der Waals surface area (Å²) in [5.41, 5.74) is 0. The van der Waals surface area contributed by atoms with Crippen LogP contribution in [0.3, 0.4) is 0 Å². The van der Waals surface area contributed by atoms with Gasteiger partial charge in [-0.2, -0.15) is 0 Å². The maximum Gasteiger partial charge on any atom is 0.148 e. The first-order valence-corrected chi connectivity index (χ1v) is 19.9. The first kappa shape index (κ1) is 278. The van der Waals surface area contributed by atoms with Gasteiger partial charge in [-0.05, 0) is 69.2 Å². The van der Waals surface area contributed by atoms with Gasteiger partial charge in [0.2, 0.25) is 0 Å². The Balaban J connectivity index is -0.00000000758. The number of rotatable bonds is 0. The molecule has 0 aliphatic carbocycles. The third-order valence-electron chi connectivity index (χ3n) is 0.